The van der Waals surface area contributed by atoms with Gasteiger partial charge in [-0.1, -0.05) is 201 Å². The average Bonchev–Trinajstić information content (AvgIpc) is 3.30. The number of allylic oxidation sites excluding steroid dienone is 16. The van der Waals surface area contributed by atoms with E-state index in [9.17, 15) is 14.4 Å². The second-order valence-electron chi connectivity index (χ2n) is 17.4. The fourth-order valence-electron chi connectivity index (χ4n) is 7.09. The van der Waals surface area contributed by atoms with Crippen molar-refractivity contribution in [2.45, 2.75) is 245 Å². The SMILES string of the molecule is CC/C=C\C/C=C\C/C=C\CCCCCCCC(=O)OCC(COC(=O)CCCCCCC/C=C\C/C=C\C/C=C\CC)OC(=O)CCCCCCCCC/C=C\C/C=C\CCCCC. The standard InChI is InChI=1S/C59H98O6/c1-4-7-10-13-16-19-22-25-28-29-32-35-38-41-44-47-50-53-59(62)65-56(54-63-57(60)51-48-45-42-39-36-33-30-26-23-20-17-14-11-8-5-2)55-64-58(61)52-49-46-43-40-37-34-31-27-24-21-18-15-12-9-6-3/h8-9,11-12,16-21,25-28,30-31,56H,4-7,10,13-15,22-24,29,32-55H2,1-3H3/b11-8-,12-9-,19-16-,20-17-,21-18-,28-25-,30-26-,31-27-. The smallest absolute Gasteiger partial charge is 0.306 e. The van der Waals surface area contributed by atoms with Gasteiger partial charge in [0.2, 0.25) is 0 Å². The van der Waals surface area contributed by atoms with E-state index in [1.54, 1.807) is 0 Å². The van der Waals surface area contributed by atoms with E-state index in [1.165, 1.54) is 51.4 Å². The molecule has 0 aliphatic rings. The first-order chi connectivity index (χ1) is 32.0. The Morgan fingerprint density at radius 2 is 0.600 bits per heavy atom. The third-order valence-electron chi connectivity index (χ3n) is 11.1. The van der Waals surface area contributed by atoms with E-state index in [1.807, 2.05) is 0 Å². The van der Waals surface area contributed by atoms with Crippen molar-refractivity contribution in [2.75, 3.05) is 13.2 Å². The molecule has 0 atom stereocenters. The number of carbonyl (C=O) groups is 3. The van der Waals surface area contributed by atoms with Crippen LogP contribution in [0.4, 0.5) is 0 Å². The number of unbranched alkanes of at least 4 members (excludes halogenated alkanes) is 20. The summed E-state index contributed by atoms with van der Waals surface area (Å²) in [5, 5.41) is 0. The summed E-state index contributed by atoms with van der Waals surface area (Å²) < 4.78 is 16.8. The lowest BCUT2D eigenvalue weighted by Crippen LogP contribution is -2.30. The van der Waals surface area contributed by atoms with Gasteiger partial charge in [0.15, 0.2) is 6.10 Å². The Balaban J connectivity index is 4.46. The van der Waals surface area contributed by atoms with Crippen molar-refractivity contribution in [1.29, 1.82) is 0 Å². The van der Waals surface area contributed by atoms with Crippen molar-refractivity contribution in [3.05, 3.63) is 97.2 Å². The lowest BCUT2D eigenvalue weighted by molar-refractivity contribution is -0.167. The van der Waals surface area contributed by atoms with Crippen LogP contribution in [0.2, 0.25) is 0 Å². The number of esters is 3. The van der Waals surface area contributed by atoms with Gasteiger partial charge >= 0.3 is 17.9 Å². The normalized spacial score (nSPS) is 12.4. The van der Waals surface area contributed by atoms with Gasteiger partial charge in [-0.05, 0) is 116 Å². The third-order valence-corrected chi connectivity index (χ3v) is 11.1. The number of ether oxygens (including phenoxy) is 3. The molecule has 0 aromatic heterocycles. The molecule has 6 heteroatoms. The van der Waals surface area contributed by atoms with Crippen LogP contribution < -0.4 is 0 Å². The first kappa shape index (κ1) is 61.3. The fraction of sp³-hybridized carbons (Fsp3) is 0.678. The molecule has 0 aromatic carbocycles. The molecule has 0 rings (SSSR count). The van der Waals surface area contributed by atoms with E-state index >= 15 is 0 Å². The van der Waals surface area contributed by atoms with Crippen LogP contribution in [0.5, 0.6) is 0 Å². The summed E-state index contributed by atoms with van der Waals surface area (Å²) in [5.74, 6) is -0.938. The van der Waals surface area contributed by atoms with E-state index in [-0.39, 0.29) is 31.1 Å². The van der Waals surface area contributed by atoms with Gasteiger partial charge in [-0.2, -0.15) is 0 Å². The van der Waals surface area contributed by atoms with Gasteiger partial charge in [-0.3, -0.25) is 14.4 Å². The van der Waals surface area contributed by atoms with Crippen LogP contribution >= 0.6 is 0 Å². The van der Waals surface area contributed by atoms with Crippen LogP contribution in [0.1, 0.15) is 239 Å². The van der Waals surface area contributed by atoms with E-state index in [2.05, 4.69) is 118 Å². The molecular formula is C59H98O6. The molecule has 0 amide bonds. The molecule has 0 heterocycles. The summed E-state index contributed by atoms with van der Waals surface area (Å²) in [6.07, 6.45) is 69.6. The first-order valence-electron chi connectivity index (χ1n) is 26.7. The van der Waals surface area contributed by atoms with Crippen molar-refractivity contribution in [2.24, 2.45) is 0 Å². The van der Waals surface area contributed by atoms with Crippen molar-refractivity contribution in [1.82, 2.24) is 0 Å². The highest BCUT2D eigenvalue weighted by molar-refractivity contribution is 5.71. The molecule has 0 N–H and O–H groups in total. The predicted octanol–water partition coefficient (Wildman–Crippen LogP) is 17.8. The molecule has 6 nitrogen and oxygen atoms in total. The maximum Gasteiger partial charge on any atom is 0.306 e. The highest BCUT2D eigenvalue weighted by Gasteiger charge is 2.19. The largest absolute Gasteiger partial charge is 0.462 e. The lowest BCUT2D eigenvalue weighted by atomic mass is 10.1. The van der Waals surface area contributed by atoms with Gasteiger partial charge in [0.1, 0.15) is 13.2 Å². The summed E-state index contributed by atoms with van der Waals surface area (Å²) in [5.41, 5.74) is 0. The van der Waals surface area contributed by atoms with Gasteiger partial charge in [-0.15, -0.1) is 0 Å². The molecule has 0 fully saturated rings. The molecule has 0 bridgehead atoms. The van der Waals surface area contributed by atoms with Gasteiger partial charge in [0.05, 0.1) is 0 Å². The second-order valence-corrected chi connectivity index (χ2v) is 17.4. The molecule has 370 valence electrons. The minimum Gasteiger partial charge on any atom is -0.462 e. The van der Waals surface area contributed by atoms with Crippen molar-refractivity contribution < 1.29 is 28.6 Å². The van der Waals surface area contributed by atoms with Gasteiger partial charge in [0.25, 0.3) is 0 Å². The van der Waals surface area contributed by atoms with Crippen LogP contribution in [0.25, 0.3) is 0 Å². The Labute approximate surface area is 400 Å². The van der Waals surface area contributed by atoms with Crippen molar-refractivity contribution in [3.8, 4) is 0 Å². The summed E-state index contributed by atoms with van der Waals surface area (Å²) in [7, 11) is 0. The van der Waals surface area contributed by atoms with Crippen LogP contribution in [-0.4, -0.2) is 37.2 Å². The number of hydrogen-bond donors (Lipinski definition) is 0. The molecule has 0 aliphatic carbocycles. The van der Waals surface area contributed by atoms with E-state index < -0.39 is 6.10 Å². The minimum atomic E-state index is -0.797. The highest BCUT2D eigenvalue weighted by Crippen LogP contribution is 2.14. The van der Waals surface area contributed by atoms with E-state index in [0.717, 1.165) is 148 Å². The zero-order valence-electron chi connectivity index (χ0n) is 42.2. The Morgan fingerprint density at radius 1 is 0.323 bits per heavy atom. The quantitative estimate of drug-likeness (QED) is 0.0262. The summed E-state index contributed by atoms with van der Waals surface area (Å²) in [6.45, 7) is 6.35. The zero-order chi connectivity index (χ0) is 47.2. The Kier molecular flexibility index (Phi) is 50.0. The summed E-state index contributed by atoms with van der Waals surface area (Å²) >= 11 is 0. The number of rotatable bonds is 47. The Hall–Kier alpha value is -3.67. The van der Waals surface area contributed by atoms with E-state index in [4.69, 9.17) is 14.2 Å². The molecule has 0 spiro atoms. The summed E-state index contributed by atoms with van der Waals surface area (Å²) in [4.78, 5) is 38.1. The van der Waals surface area contributed by atoms with Crippen LogP contribution in [0.15, 0.2) is 97.2 Å². The minimum absolute atomic E-state index is 0.0964. The second kappa shape index (κ2) is 52.9. The monoisotopic (exact) mass is 903 g/mol. The zero-order valence-corrected chi connectivity index (χ0v) is 42.2. The first-order valence-corrected chi connectivity index (χ1v) is 26.7. The van der Waals surface area contributed by atoms with Crippen molar-refractivity contribution in [3.63, 3.8) is 0 Å². The van der Waals surface area contributed by atoms with Crippen LogP contribution in [0.3, 0.4) is 0 Å². The maximum atomic E-state index is 12.8. The van der Waals surface area contributed by atoms with Gasteiger partial charge < -0.3 is 14.2 Å². The van der Waals surface area contributed by atoms with Crippen LogP contribution in [0, 0.1) is 0 Å². The molecule has 0 radical (unpaired) electrons. The van der Waals surface area contributed by atoms with E-state index in [0.29, 0.717) is 19.3 Å². The topological polar surface area (TPSA) is 78.9 Å². The lowest BCUT2D eigenvalue weighted by Gasteiger charge is -2.18. The Morgan fingerprint density at radius 3 is 0.938 bits per heavy atom. The van der Waals surface area contributed by atoms with Crippen LogP contribution in [-0.2, 0) is 28.6 Å². The van der Waals surface area contributed by atoms with Gasteiger partial charge in [-0.25, -0.2) is 0 Å². The molecule has 0 saturated heterocycles. The van der Waals surface area contributed by atoms with Gasteiger partial charge in [0, 0.05) is 19.3 Å². The number of hydrogen-bond acceptors (Lipinski definition) is 6. The molecule has 0 saturated carbocycles. The molecular weight excluding hydrogens is 805 g/mol. The van der Waals surface area contributed by atoms with Crippen molar-refractivity contribution >= 4 is 17.9 Å². The third kappa shape index (κ3) is 51.2. The average molecular weight is 903 g/mol. The number of carbonyl (C=O) groups excluding carboxylic acids is 3. The molecule has 0 unspecified atom stereocenters. The molecule has 0 aromatic rings. The predicted molar refractivity (Wildman–Crippen MR) is 279 cm³/mol. The Bertz CT molecular complexity index is 1250. The highest BCUT2D eigenvalue weighted by atomic mass is 16.6. The molecule has 65 heavy (non-hydrogen) atoms. The summed E-state index contributed by atoms with van der Waals surface area (Å²) in [6, 6.07) is 0. The fourth-order valence-corrected chi connectivity index (χ4v) is 7.09. The maximum absolute atomic E-state index is 12.8. The molecule has 0 aliphatic heterocycles.